The molecule has 19 heavy (non-hydrogen) atoms. The molecule has 6 nitrogen and oxygen atoms in total. The highest BCUT2D eigenvalue weighted by molar-refractivity contribution is 5.94. The van der Waals surface area contributed by atoms with Gasteiger partial charge in [0.25, 0.3) is 5.69 Å². The quantitative estimate of drug-likeness (QED) is 0.654. The number of carboxylic acids is 1. The first-order valence-electron chi connectivity index (χ1n) is 5.88. The third-order valence-electron chi connectivity index (χ3n) is 3.24. The molecule has 2 aromatic rings. The van der Waals surface area contributed by atoms with E-state index in [0.717, 1.165) is 22.2 Å². The third-order valence-corrected chi connectivity index (χ3v) is 3.24. The smallest absolute Gasteiger partial charge is 0.303 e. The first-order valence-corrected chi connectivity index (χ1v) is 5.88. The van der Waals surface area contributed by atoms with Crippen molar-refractivity contribution in [2.75, 3.05) is 0 Å². The van der Waals surface area contributed by atoms with Crippen molar-refractivity contribution in [3.8, 4) is 0 Å². The van der Waals surface area contributed by atoms with Gasteiger partial charge in [0.15, 0.2) is 0 Å². The number of carboxylic acid groups (broad SMARTS) is 1. The zero-order chi connectivity index (χ0) is 14.2. The Bertz CT molecular complexity index is 673. The van der Waals surface area contributed by atoms with Gasteiger partial charge in [0.05, 0.1) is 4.92 Å². The van der Waals surface area contributed by atoms with Crippen LogP contribution in [0.5, 0.6) is 0 Å². The van der Waals surface area contributed by atoms with Crippen LogP contribution in [0.2, 0.25) is 0 Å². The standard InChI is InChI=1S/C13H14N2O4/c1-7-3-5-10(15(18)19)13-12(7)9(8(2)14-13)4-6-11(16)17/h3,5,14H,4,6H2,1-2H3,(H,16,17). The van der Waals surface area contributed by atoms with Crippen molar-refractivity contribution in [1.29, 1.82) is 0 Å². The summed E-state index contributed by atoms with van der Waals surface area (Å²) in [5.74, 6) is -0.878. The molecular weight excluding hydrogens is 248 g/mol. The van der Waals surface area contributed by atoms with Gasteiger partial charge < -0.3 is 10.1 Å². The van der Waals surface area contributed by atoms with Crippen molar-refractivity contribution in [3.63, 3.8) is 0 Å². The van der Waals surface area contributed by atoms with E-state index in [1.54, 1.807) is 13.0 Å². The predicted molar refractivity (Wildman–Crippen MR) is 70.4 cm³/mol. The molecule has 0 bridgehead atoms. The molecule has 0 radical (unpaired) electrons. The van der Waals surface area contributed by atoms with Crippen molar-refractivity contribution in [1.82, 2.24) is 4.98 Å². The van der Waals surface area contributed by atoms with Crippen LogP contribution in [0.3, 0.4) is 0 Å². The first kappa shape index (κ1) is 13.1. The van der Waals surface area contributed by atoms with E-state index < -0.39 is 10.9 Å². The van der Waals surface area contributed by atoms with Crippen LogP contribution in [-0.2, 0) is 11.2 Å². The van der Waals surface area contributed by atoms with Crippen molar-refractivity contribution in [2.45, 2.75) is 26.7 Å². The van der Waals surface area contributed by atoms with Gasteiger partial charge in [-0.1, -0.05) is 6.07 Å². The lowest BCUT2D eigenvalue weighted by molar-refractivity contribution is -0.383. The molecule has 2 rings (SSSR count). The van der Waals surface area contributed by atoms with Gasteiger partial charge in [-0.15, -0.1) is 0 Å². The number of aromatic nitrogens is 1. The Morgan fingerprint density at radius 3 is 2.68 bits per heavy atom. The highest BCUT2D eigenvalue weighted by atomic mass is 16.6. The van der Waals surface area contributed by atoms with Gasteiger partial charge in [-0.3, -0.25) is 14.9 Å². The van der Waals surface area contributed by atoms with Gasteiger partial charge in [-0.25, -0.2) is 0 Å². The number of nitro groups is 1. The second-order valence-corrected chi connectivity index (χ2v) is 4.53. The maximum Gasteiger partial charge on any atom is 0.303 e. The number of nitro benzene ring substituents is 1. The zero-order valence-electron chi connectivity index (χ0n) is 10.7. The Balaban J connectivity index is 2.65. The van der Waals surface area contributed by atoms with E-state index >= 15 is 0 Å². The molecule has 0 aliphatic carbocycles. The molecule has 0 aliphatic rings. The summed E-state index contributed by atoms with van der Waals surface area (Å²) < 4.78 is 0. The fourth-order valence-corrected chi connectivity index (χ4v) is 2.36. The average Bonchev–Trinajstić information content (AvgIpc) is 2.63. The number of carbonyl (C=O) groups is 1. The van der Waals surface area contributed by atoms with Gasteiger partial charge in [0, 0.05) is 23.6 Å². The second-order valence-electron chi connectivity index (χ2n) is 4.53. The number of aromatic amines is 1. The van der Waals surface area contributed by atoms with Gasteiger partial charge in [0.1, 0.15) is 5.52 Å². The second kappa shape index (κ2) is 4.72. The molecule has 100 valence electrons. The minimum atomic E-state index is -0.878. The van der Waals surface area contributed by atoms with Gasteiger partial charge in [-0.05, 0) is 31.4 Å². The van der Waals surface area contributed by atoms with Gasteiger partial charge in [-0.2, -0.15) is 0 Å². The summed E-state index contributed by atoms with van der Waals surface area (Å²) >= 11 is 0. The van der Waals surface area contributed by atoms with Crippen molar-refractivity contribution < 1.29 is 14.8 Å². The summed E-state index contributed by atoms with van der Waals surface area (Å²) in [5, 5.41) is 20.5. The number of aryl methyl sites for hydroxylation is 3. The summed E-state index contributed by atoms with van der Waals surface area (Å²) in [7, 11) is 0. The zero-order valence-corrected chi connectivity index (χ0v) is 10.7. The fraction of sp³-hybridized carbons (Fsp3) is 0.308. The SMILES string of the molecule is Cc1[nH]c2c([N+](=O)[O-])ccc(C)c2c1CCC(=O)O. The number of H-pyrrole nitrogens is 1. The Kier molecular flexibility index (Phi) is 3.25. The molecule has 0 unspecified atom stereocenters. The number of nitrogens with one attached hydrogen (secondary N) is 1. The molecule has 2 N–H and O–H groups in total. The summed E-state index contributed by atoms with van der Waals surface area (Å²) in [4.78, 5) is 24.3. The number of non-ortho nitro benzene ring substituents is 1. The number of aliphatic carboxylic acids is 1. The number of hydrogen-bond donors (Lipinski definition) is 2. The summed E-state index contributed by atoms with van der Waals surface area (Å²) in [5.41, 5.74) is 3.03. The lowest BCUT2D eigenvalue weighted by Gasteiger charge is -2.02. The highest BCUT2D eigenvalue weighted by Crippen LogP contribution is 2.32. The van der Waals surface area contributed by atoms with E-state index in [-0.39, 0.29) is 12.1 Å². The van der Waals surface area contributed by atoms with E-state index in [4.69, 9.17) is 5.11 Å². The normalized spacial score (nSPS) is 10.8. The molecule has 0 amide bonds. The summed E-state index contributed by atoms with van der Waals surface area (Å²) in [6.07, 6.45) is 0.374. The first-order chi connectivity index (χ1) is 8.91. The maximum absolute atomic E-state index is 11.0. The number of benzene rings is 1. The summed E-state index contributed by atoms with van der Waals surface area (Å²) in [6.45, 7) is 3.67. The molecule has 6 heteroatoms. The van der Waals surface area contributed by atoms with Crippen molar-refractivity contribution >= 4 is 22.6 Å². The lowest BCUT2D eigenvalue weighted by Crippen LogP contribution is -1.98. The van der Waals surface area contributed by atoms with E-state index in [9.17, 15) is 14.9 Å². The monoisotopic (exact) mass is 262 g/mol. The lowest BCUT2D eigenvalue weighted by atomic mass is 10.0. The molecule has 1 aromatic heterocycles. The predicted octanol–water partition coefficient (Wildman–Crippen LogP) is 2.71. The molecule has 0 fully saturated rings. The number of hydrogen-bond acceptors (Lipinski definition) is 3. The van der Waals surface area contributed by atoms with Crippen LogP contribution in [0.25, 0.3) is 10.9 Å². The Morgan fingerprint density at radius 2 is 2.11 bits per heavy atom. The molecule has 0 spiro atoms. The van der Waals surface area contributed by atoms with Gasteiger partial charge in [0.2, 0.25) is 0 Å². The van der Waals surface area contributed by atoms with Crippen LogP contribution in [0.4, 0.5) is 5.69 Å². The molecule has 0 atom stereocenters. The molecule has 1 heterocycles. The third kappa shape index (κ3) is 2.29. The Labute approximate surface area is 109 Å². The number of rotatable bonds is 4. The van der Waals surface area contributed by atoms with Crippen LogP contribution in [0, 0.1) is 24.0 Å². The maximum atomic E-state index is 11.0. The molecule has 0 saturated heterocycles. The average molecular weight is 262 g/mol. The van der Waals surface area contributed by atoms with Crippen LogP contribution >= 0.6 is 0 Å². The van der Waals surface area contributed by atoms with Crippen LogP contribution in [0.15, 0.2) is 12.1 Å². The molecule has 1 aromatic carbocycles. The van der Waals surface area contributed by atoms with Crippen LogP contribution in [0.1, 0.15) is 23.2 Å². The van der Waals surface area contributed by atoms with E-state index in [2.05, 4.69) is 4.98 Å². The topological polar surface area (TPSA) is 96.2 Å². The van der Waals surface area contributed by atoms with Crippen LogP contribution < -0.4 is 0 Å². The summed E-state index contributed by atoms with van der Waals surface area (Å²) in [6, 6.07) is 3.16. The molecular formula is C13H14N2O4. The minimum Gasteiger partial charge on any atom is -0.481 e. The van der Waals surface area contributed by atoms with Gasteiger partial charge >= 0.3 is 5.97 Å². The molecule has 0 aliphatic heterocycles. The Morgan fingerprint density at radius 1 is 1.42 bits per heavy atom. The van der Waals surface area contributed by atoms with Crippen molar-refractivity contribution in [3.05, 3.63) is 39.1 Å². The van der Waals surface area contributed by atoms with E-state index in [1.807, 2.05) is 6.92 Å². The Hall–Kier alpha value is -2.37. The van der Waals surface area contributed by atoms with Crippen LogP contribution in [-0.4, -0.2) is 21.0 Å². The fourth-order valence-electron chi connectivity index (χ4n) is 2.36. The minimum absolute atomic E-state index is 0.00985. The molecule has 0 saturated carbocycles. The van der Waals surface area contributed by atoms with E-state index in [1.165, 1.54) is 6.07 Å². The highest BCUT2D eigenvalue weighted by Gasteiger charge is 2.19. The number of nitrogens with zero attached hydrogens (tertiary/aromatic N) is 1. The van der Waals surface area contributed by atoms with Crippen molar-refractivity contribution in [2.24, 2.45) is 0 Å². The number of fused-ring (bicyclic) bond motifs is 1. The van der Waals surface area contributed by atoms with E-state index in [0.29, 0.717) is 11.9 Å². The largest absolute Gasteiger partial charge is 0.481 e.